The molecule has 3 aromatic rings. The van der Waals surface area contributed by atoms with E-state index in [1.165, 1.54) is 22.1 Å². The molecule has 2 N–H and O–H groups in total. The number of likely N-dealkylation sites (tertiary alicyclic amines) is 2. The van der Waals surface area contributed by atoms with Gasteiger partial charge in [-0.15, -0.1) is 11.3 Å². The summed E-state index contributed by atoms with van der Waals surface area (Å²) in [6.07, 6.45) is 1.14. The van der Waals surface area contributed by atoms with Gasteiger partial charge in [-0.25, -0.2) is 4.79 Å². The van der Waals surface area contributed by atoms with Gasteiger partial charge >= 0.3 is 12.2 Å². The van der Waals surface area contributed by atoms with E-state index in [-0.39, 0.29) is 11.6 Å². The number of nitrogens with two attached hydrogens (primary N) is 1. The summed E-state index contributed by atoms with van der Waals surface area (Å²) >= 11 is 1.43. The number of benzene rings is 1. The van der Waals surface area contributed by atoms with Crippen molar-refractivity contribution in [2.24, 2.45) is 5.73 Å². The number of piperidine rings is 1. The van der Waals surface area contributed by atoms with Crippen LogP contribution in [0.3, 0.4) is 0 Å². The van der Waals surface area contributed by atoms with Crippen molar-refractivity contribution < 1.29 is 18.0 Å². The van der Waals surface area contributed by atoms with Crippen molar-refractivity contribution in [2.75, 3.05) is 19.6 Å². The van der Waals surface area contributed by atoms with Crippen LogP contribution in [-0.2, 0) is 12.7 Å². The number of thiophene rings is 1. The van der Waals surface area contributed by atoms with Crippen molar-refractivity contribution in [3.8, 4) is 0 Å². The summed E-state index contributed by atoms with van der Waals surface area (Å²) in [6.45, 7) is 6.59. The molecule has 1 spiro atoms. The van der Waals surface area contributed by atoms with E-state index in [4.69, 9.17) is 5.73 Å². The summed E-state index contributed by atoms with van der Waals surface area (Å²) in [7, 11) is 0. The van der Waals surface area contributed by atoms with E-state index >= 15 is 0 Å². The molecule has 0 unspecified atom stereocenters. The Morgan fingerprint density at radius 3 is 2.59 bits per heavy atom. The quantitative estimate of drug-likeness (QED) is 0.553. The predicted octanol–water partition coefficient (Wildman–Crippen LogP) is 5.14. The van der Waals surface area contributed by atoms with Gasteiger partial charge in [0.2, 0.25) is 0 Å². The van der Waals surface area contributed by atoms with Gasteiger partial charge in [0.1, 0.15) is 5.69 Å². The molecule has 0 atom stereocenters. The fourth-order valence-corrected chi connectivity index (χ4v) is 6.32. The molecule has 2 fully saturated rings. The van der Waals surface area contributed by atoms with Gasteiger partial charge in [0.05, 0.1) is 11.3 Å². The Balaban J connectivity index is 1.27. The maximum absolute atomic E-state index is 13.1. The summed E-state index contributed by atoms with van der Waals surface area (Å²) in [5.74, 6) is 0. The lowest BCUT2D eigenvalue weighted by Crippen LogP contribution is -2.53. The van der Waals surface area contributed by atoms with Gasteiger partial charge in [-0.05, 0) is 61.9 Å². The monoisotopic (exact) mass is 489 g/mol. The first-order valence-electron chi connectivity index (χ1n) is 11.3. The smallest absolute Gasteiger partial charge is 0.397 e. The number of hydrogen-bond donors (Lipinski definition) is 1. The minimum atomic E-state index is -4.33. The first kappa shape index (κ1) is 22.9. The zero-order valence-electron chi connectivity index (χ0n) is 18.6. The second kappa shape index (κ2) is 8.42. The number of fused-ring (bicyclic) bond motifs is 1. The number of carbonyl (C=O) groups is 1. The van der Waals surface area contributed by atoms with Gasteiger partial charge in [-0.1, -0.05) is 12.6 Å². The molecule has 0 radical (unpaired) electrons. The Kier molecular flexibility index (Phi) is 5.68. The number of rotatable bonds is 3. The number of aromatic nitrogens is 2. The first-order chi connectivity index (χ1) is 16.1. The third-order valence-electron chi connectivity index (χ3n) is 7.06. The number of nitrogens with zero attached hydrogens (tertiary/aromatic N) is 4. The van der Waals surface area contributed by atoms with Crippen molar-refractivity contribution in [1.82, 2.24) is 19.6 Å². The van der Waals surface area contributed by atoms with Crippen LogP contribution in [0.5, 0.6) is 0 Å². The van der Waals surface area contributed by atoms with E-state index in [0.717, 1.165) is 55.1 Å². The molecule has 0 saturated carbocycles. The second-order valence-corrected chi connectivity index (χ2v) is 10.3. The Hall–Kier alpha value is -2.85. The highest BCUT2D eigenvalue weighted by Gasteiger charge is 2.44. The molecule has 2 aromatic heterocycles. The summed E-state index contributed by atoms with van der Waals surface area (Å²) in [4.78, 5) is 18.2. The van der Waals surface area contributed by atoms with Crippen molar-refractivity contribution in [3.63, 3.8) is 0 Å². The molecule has 1 aromatic carbocycles. The summed E-state index contributed by atoms with van der Waals surface area (Å²) in [5.41, 5.74) is 5.89. The van der Waals surface area contributed by atoms with Crippen molar-refractivity contribution in [1.29, 1.82) is 0 Å². The molecule has 180 valence electrons. The standard InChI is InChI=1S/C24H26F3N5OS/c1-16(28)20-5-10-32(29-20)22(33)30-11-7-23(8-12-30)6-2-9-31(23)15-19-13-17-3-4-18(24(25,26)27)14-21(17)34-19/h3-5,10,13-14H,1-2,6-9,11-12,15,28H2. The zero-order valence-corrected chi connectivity index (χ0v) is 19.5. The molecule has 6 nitrogen and oxygen atoms in total. The molecule has 1 amide bonds. The van der Waals surface area contributed by atoms with Crippen LogP contribution in [0.2, 0.25) is 0 Å². The number of amides is 1. The van der Waals surface area contributed by atoms with E-state index in [2.05, 4.69) is 16.6 Å². The SMILES string of the molecule is C=C(N)c1ccn(C(=O)N2CCC3(CCCN3Cc3cc4ccc(C(F)(F)F)cc4s3)CC2)n1. The highest BCUT2D eigenvalue weighted by atomic mass is 32.1. The van der Waals surface area contributed by atoms with E-state index in [1.807, 2.05) is 11.0 Å². The fourth-order valence-electron chi connectivity index (χ4n) is 5.20. The van der Waals surface area contributed by atoms with Crippen molar-refractivity contribution in [2.45, 2.75) is 43.9 Å². The topological polar surface area (TPSA) is 67.4 Å². The van der Waals surface area contributed by atoms with Gasteiger partial charge in [0, 0.05) is 40.9 Å². The Bertz CT molecular complexity index is 1240. The van der Waals surface area contributed by atoms with Crippen molar-refractivity contribution in [3.05, 3.63) is 59.2 Å². The van der Waals surface area contributed by atoms with E-state index in [0.29, 0.717) is 29.2 Å². The summed E-state index contributed by atoms with van der Waals surface area (Å²) in [5, 5.41) is 5.06. The van der Waals surface area contributed by atoms with Gasteiger partial charge in [0.15, 0.2) is 0 Å². The number of halogens is 3. The Morgan fingerprint density at radius 1 is 1.15 bits per heavy atom. The number of alkyl halides is 3. The molecule has 2 aliphatic rings. The highest BCUT2D eigenvalue weighted by Crippen LogP contribution is 2.41. The molecule has 4 heterocycles. The Labute approximate surface area is 199 Å². The molecule has 0 bridgehead atoms. The van der Waals surface area contributed by atoms with Crippen LogP contribution in [0.4, 0.5) is 18.0 Å². The summed E-state index contributed by atoms with van der Waals surface area (Å²) < 4.78 is 41.2. The maximum Gasteiger partial charge on any atom is 0.416 e. The maximum atomic E-state index is 13.1. The Morgan fingerprint density at radius 2 is 1.91 bits per heavy atom. The van der Waals surface area contributed by atoms with E-state index < -0.39 is 11.7 Å². The largest absolute Gasteiger partial charge is 0.416 e. The predicted molar refractivity (Wildman–Crippen MR) is 126 cm³/mol. The molecule has 2 saturated heterocycles. The van der Waals surface area contributed by atoms with Crippen LogP contribution in [0.25, 0.3) is 15.8 Å². The van der Waals surface area contributed by atoms with Gasteiger partial charge < -0.3 is 10.6 Å². The van der Waals surface area contributed by atoms with Gasteiger partial charge in [-0.3, -0.25) is 4.90 Å². The van der Waals surface area contributed by atoms with Gasteiger partial charge in [-0.2, -0.15) is 23.0 Å². The third-order valence-corrected chi connectivity index (χ3v) is 8.15. The fraction of sp³-hybridized carbons (Fsp3) is 0.417. The normalized spacial score (nSPS) is 18.7. The average molecular weight is 490 g/mol. The van der Waals surface area contributed by atoms with Crippen molar-refractivity contribution >= 4 is 33.2 Å². The molecular formula is C24H26F3N5OS. The van der Waals surface area contributed by atoms with Gasteiger partial charge in [0.25, 0.3) is 0 Å². The molecule has 10 heteroatoms. The first-order valence-corrected chi connectivity index (χ1v) is 12.1. The number of carbonyl (C=O) groups excluding carboxylic acids is 1. The average Bonchev–Trinajstić information content (AvgIpc) is 3.52. The molecule has 34 heavy (non-hydrogen) atoms. The lowest BCUT2D eigenvalue weighted by molar-refractivity contribution is -0.137. The lowest BCUT2D eigenvalue weighted by atomic mass is 9.85. The van der Waals surface area contributed by atoms with Crippen LogP contribution < -0.4 is 5.73 Å². The second-order valence-electron chi connectivity index (χ2n) is 9.15. The minimum Gasteiger partial charge on any atom is -0.397 e. The molecular weight excluding hydrogens is 463 g/mol. The van der Waals surface area contributed by atoms with E-state index in [1.54, 1.807) is 18.3 Å². The third kappa shape index (κ3) is 4.20. The van der Waals surface area contributed by atoms with E-state index in [9.17, 15) is 18.0 Å². The molecule has 2 aliphatic heterocycles. The highest BCUT2D eigenvalue weighted by molar-refractivity contribution is 7.19. The van der Waals surface area contributed by atoms with Crippen LogP contribution in [0, 0.1) is 0 Å². The number of hydrogen-bond acceptors (Lipinski definition) is 5. The van der Waals surface area contributed by atoms with Crippen LogP contribution in [0.15, 0.2) is 43.1 Å². The summed E-state index contributed by atoms with van der Waals surface area (Å²) in [6, 6.07) is 7.46. The lowest BCUT2D eigenvalue weighted by Gasteiger charge is -2.44. The zero-order chi connectivity index (χ0) is 24.1. The van der Waals surface area contributed by atoms with Crippen LogP contribution in [0.1, 0.15) is 41.8 Å². The molecule has 0 aliphatic carbocycles. The molecule has 5 rings (SSSR count). The minimum absolute atomic E-state index is 0.0188. The van der Waals surface area contributed by atoms with Crippen LogP contribution >= 0.6 is 11.3 Å². The van der Waals surface area contributed by atoms with Crippen LogP contribution in [-0.4, -0.2) is 50.8 Å².